The third-order valence-electron chi connectivity index (χ3n) is 4.27. The van der Waals surface area contributed by atoms with E-state index in [0.717, 1.165) is 47.8 Å². The second-order valence-electron chi connectivity index (χ2n) is 6.40. The van der Waals surface area contributed by atoms with Crippen molar-refractivity contribution in [1.29, 1.82) is 0 Å². The van der Waals surface area contributed by atoms with Crippen molar-refractivity contribution < 1.29 is 4.39 Å². The number of rotatable bonds is 9. The number of nitrogens with zero attached hydrogens (tertiary/aromatic N) is 4. The highest BCUT2D eigenvalue weighted by atomic mass is 32.2. The van der Waals surface area contributed by atoms with Gasteiger partial charge in [0.05, 0.1) is 6.54 Å². The molecule has 0 aliphatic rings. The summed E-state index contributed by atoms with van der Waals surface area (Å²) in [6.45, 7) is 3.91. The van der Waals surface area contributed by atoms with E-state index in [0.29, 0.717) is 6.54 Å². The standard InChI is InChI=1S/C20H25FN6S2/c1-15-25-26-19(27(15)2)14-24-20(23-13-18-5-3-11-29-18)22-10-4-12-28-17-8-6-16(21)7-9-17/h3,5-9,11H,4,10,12-14H2,1-2H3,(H2,22,23,24). The molecule has 3 aromatic rings. The zero-order valence-electron chi connectivity index (χ0n) is 16.6. The van der Waals surface area contributed by atoms with Gasteiger partial charge in [-0.25, -0.2) is 9.38 Å². The van der Waals surface area contributed by atoms with E-state index in [1.54, 1.807) is 23.1 Å². The first-order valence-corrected chi connectivity index (χ1v) is 11.3. The monoisotopic (exact) mass is 432 g/mol. The summed E-state index contributed by atoms with van der Waals surface area (Å²) in [6, 6.07) is 10.8. The third kappa shape index (κ3) is 6.86. The summed E-state index contributed by atoms with van der Waals surface area (Å²) in [5.41, 5.74) is 0. The number of thioether (sulfide) groups is 1. The lowest BCUT2D eigenvalue weighted by Gasteiger charge is -2.12. The molecule has 0 bridgehead atoms. The van der Waals surface area contributed by atoms with Crippen molar-refractivity contribution in [1.82, 2.24) is 25.4 Å². The fraction of sp³-hybridized carbons (Fsp3) is 0.350. The molecule has 0 aliphatic carbocycles. The molecular formula is C20H25FN6S2. The topological polar surface area (TPSA) is 67.1 Å². The van der Waals surface area contributed by atoms with Gasteiger partial charge in [-0.15, -0.1) is 33.3 Å². The van der Waals surface area contributed by atoms with Gasteiger partial charge in [0.25, 0.3) is 0 Å². The van der Waals surface area contributed by atoms with Crippen LogP contribution in [0.1, 0.15) is 22.9 Å². The Hall–Kier alpha value is -2.39. The number of thiophene rings is 1. The summed E-state index contributed by atoms with van der Waals surface area (Å²) in [5, 5.41) is 17.1. The molecule has 0 fully saturated rings. The lowest BCUT2D eigenvalue weighted by atomic mass is 10.4. The Morgan fingerprint density at radius 3 is 2.72 bits per heavy atom. The van der Waals surface area contributed by atoms with Gasteiger partial charge in [0.2, 0.25) is 0 Å². The lowest BCUT2D eigenvalue weighted by Crippen LogP contribution is -2.37. The second kappa shape index (κ2) is 11.0. The SMILES string of the molecule is Cc1nnc(CN=C(NCCCSc2ccc(F)cc2)NCc2cccs2)n1C. The first-order valence-electron chi connectivity index (χ1n) is 9.39. The highest BCUT2D eigenvalue weighted by Gasteiger charge is 2.06. The lowest BCUT2D eigenvalue weighted by molar-refractivity contribution is 0.626. The van der Waals surface area contributed by atoms with Crippen molar-refractivity contribution in [3.63, 3.8) is 0 Å². The number of benzene rings is 1. The van der Waals surface area contributed by atoms with E-state index in [2.05, 4.69) is 37.3 Å². The minimum Gasteiger partial charge on any atom is -0.356 e. The first-order chi connectivity index (χ1) is 14.1. The average Bonchev–Trinajstić information content (AvgIpc) is 3.35. The number of hydrogen-bond donors (Lipinski definition) is 2. The Bertz CT molecular complexity index is 906. The number of aryl methyl sites for hydroxylation is 1. The van der Waals surface area contributed by atoms with E-state index >= 15 is 0 Å². The molecule has 0 radical (unpaired) electrons. The van der Waals surface area contributed by atoms with Crippen LogP contribution in [0.25, 0.3) is 0 Å². The van der Waals surface area contributed by atoms with Gasteiger partial charge in [-0.05, 0) is 54.8 Å². The van der Waals surface area contributed by atoms with Crippen LogP contribution in [-0.2, 0) is 20.1 Å². The van der Waals surface area contributed by atoms with Crippen molar-refractivity contribution in [2.45, 2.75) is 31.3 Å². The van der Waals surface area contributed by atoms with Gasteiger partial charge in [0, 0.05) is 23.4 Å². The minimum atomic E-state index is -0.202. The quantitative estimate of drug-likeness (QED) is 0.233. The van der Waals surface area contributed by atoms with Crippen LogP contribution in [0.2, 0.25) is 0 Å². The minimum absolute atomic E-state index is 0.202. The Morgan fingerprint density at radius 1 is 1.21 bits per heavy atom. The maximum absolute atomic E-state index is 13.0. The van der Waals surface area contributed by atoms with E-state index in [1.807, 2.05) is 36.7 Å². The molecule has 6 nitrogen and oxygen atoms in total. The van der Waals surface area contributed by atoms with E-state index in [4.69, 9.17) is 0 Å². The van der Waals surface area contributed by atoms with Crippen molar-refractivity contribution in [2.24, 2.45) is 12.0 Å². The zero-order chi connectivity index (χ0) is 20.5. The number of hydrogen-bond acceptors (Lipinski definition) is 5. The molecule has 0 saturated heterocycles. The van der Waals surface area contributed by atoms with Crippen LogP contribution >= 0.6 is 23.1 Å². The van der Waals surface area contributed by atoms with Crippen LogP contribution in [-0.4, -0.2) is 33.0 Å². The van der Waals surface area contributed by atoms with Crippen LogP contribution in [0.3, 0.4) is 0 Å². The van der Waals surface area contributed by atoms with E-state index in [1.165, 1.54) is 17.0 Å². The largest absolute Gasteiger partial charge is 0.356 e. The van der Waals surface area contributed by atoms with E-state index in [9.17, 15) is 4.39 Å². The van der Waals surface area contributed by atoms with Crippen molar-refractivity contribution in [2.75, 3.05) is 12.3 Å². The highest BCUT2D eigenvalue weighted by molar-refractivity contribution is 7.99. The molecule has 0 spiro atoms. The predicted molar refractivity (Wildman–Crippen MR) is 118 cm³/mol. The summed E-state index contributed by atoms with van der Waals surface area (Å²) in [7, 11) is 1.94. The van der Waals surface area contributed by atoms with E-state index in [-0.39, 0.29) is 5.82 Å². The van der Waals surface area contributed by atoms with Crippen molar-refractivity contribution in [3.8, 4) is 0 Å². The van der Waals surface area contributed by atoms with Crippen LogP contribution < -0.4 is 10.6 Å². The highest BCUT2D eigenvalue weighted by Crippen LogP contribution is 2.18. The number of guanidine groups is 1. The molecule has 0 aliphatic heterocycles. The Kier molecular flexibility index (Phi) is 8.06. The van der Waals surface area contributed by atoms with Crippen LogP contribution in [0.4, 0.5) is 4.39 Å². The molecule has 154 valence electrons. The molecule has 29 heavy (non-hydrogen) atoms. The molecule has 2 heterocycles. The molecule has 3 rings (SSSR count). The molecule has 1 aromatic carbocycles. The molecular weight excluding hydrogens is 407 g/mol. The molecule has 2 N–H and O–H groups in total. The van der Waals surface area contributed by atoms with Crippen LogP contribution in [0.5, 0.6) is 0 Å². The molecule has 9 heteroatoms. The maximum atomic E-state index is 13.0. The first kappa shape index (κ1) is 21.3. The maximum Gasteiger partial charge on any atom is 0.192 e. The fourth-order valence-electron chi connectivity index (χ4n) is 2.50. The summed E-state index contributed by atoms with van der Waals surface area (Å²) in [5.74, 6) is 3.19. The fourth-order valence-corrected chi connectivity index (χ4v) is 3.99. The molecule has 0 atom stereocenters. The molecule has 2 aromatic heterocycles. The Morgan fingerprint density at radius 2 is 2.03 bits per heavy atom. The Labute approximate surface area is 178 Å². The van der Waals surface area contributed by atoms with Gasteiger partial charge in [0.15, 0.2) is 11.8 Å². The van der Waals surface area contributed by atoms with Gasteiger partial charge in [0.1, 0.15) is 18.2 Å². The van der Waals surface area contributed by atoms with Crippen molar-refractivity contribution >= 4 is 29.1 Å². The third-order valence-corrected chi connectivity index (χ3v) is 6.24. The zero-order valence-corrected chi connectivity index (χ0v) is 18.2. The summed E-state index contributed by atoms with van der Waals surface area (Å²) in [6.07, 6.45) is 0.963. The van der Waals surface area contributed by atoms with Crippen LogP contribution in [0, 0.1) is 12.7 Å². The molecule has 0 unspecified atom stereocenters. The average molecular weight is 433 g/mol. The van der Waals surface area contributed by atoms with E-state index < -0.39 is 0 Å². The van der Waals surface area contributed by atoms with Gasteiger partial charge in [-0.1, -0.05) is 6.07 Å². The van der Waals surface area contributed by atoms with Gasteiger partial charge in [-0.3, -0.25) is 0 Å². The Balaban J connectivity index is 1.49. The van der Waals surface area contributed by atoms with Gasteiger partial charge in [-0.2, -0.15) is 0 Å². The number of nitrogens with one attached hydrogen (secondary N) is 2. The molecule has 0 amide bonds. The van der Waals surface area contributed by atoms with Gasteiger partial charge >= 0.3 is 0 Å². The normalized spacial score (nSPS) is 11.6. The second-order valence-corrected chi connectivity index (χ2v) is 8.60. The van der Waals surface area contributed by atoms with Gasteiger partial charge < -0.3 is 15.2 Å². The predicted octanol–water partition coefficient (Wildman–Crippen LogP) is 3.74. The summed E-state index contributed by atoms with van der Waals surface area (Å²) >= 11 is 3.43. The summed E-state index contributed by atoms with van der Waals surface area (Å²) < 4.78 is 14.9. The molecule has 0 saturated carbocycles. The number of halogens is 1. The summed E-state index contributed by atoms with van der Waals surface area (Å²) in [4.78, 5) is 6.99. The smallest absolute Gasteiger partial charge is 0.192 e. The number of aliphatic imine (C=N–C) groups is 1. The van der Waals surface area contributed by atoms with Crippen LogP contribution in [0.15, 0.2) is 51.7 Å². The van der Waals surface area contributed by atoms with Crippen molar-refractivity contribution in [3.05, 3.63) is 64.1 Å². The number of aromatic nitrogens is 3.